The monoisotopic (exact) mass is 392 g/mol. The lowest BCUT2D eigenvalue weighted by Gasteiger charge is -2.20. The smallest absolute Gasteiger partial charge is 0.312 e. The first-order chi connectivity index (χ1) is 14.0. The second kappa shape index (κ2) is 8.07. The van der Waals surface area contributed by atoms with Crippen LogP contribution >= 0.6 is 0 Å². The molecule has 1 saturated heterocycles. The summed E-state index contributed by atoms with van der Waals surface area (Å²) >= 11 is 0. The highest BCUT2D eigenvalue weighted by molar-refractivity contribution is 5.99. The van der Waals surface area contributed by atoms with Gasteiger partial charge in [-0.05, 0) is 31.9 Å². The number of esters is 1. The summed E-state index contributed by atoms with van der Waals surface area (Å²) in [7, 11) is 0. The molecule has 0 radical (unpaired) electrons. The average Bonchev–Trinajstić information content (AvgIpc) is 3.45. The summed E-state index contributed by atoms with van der Waals surface area (Å²) < 4.78 is 5.63. The van der Waals surface area contributed by atoms with Crippen molar-refractivity contribution < 1.29 is 19.1 Å². The highest BCUT2D eigenvalue weighted by Gasteiger charge is 2.39. The van der Waals surface area contributed by atoms with Gasteiger partial charge < -0.3 is 15.0 Å². The van der Waals surface area contributed by atoms with Crippen molar-refractivity contribution in [3.63, 3.8) is 0 Å². The summed E-state index contributed by atoms with van der Waals surface area (Å²) in [4.78, 5) is 39.6. The first kappa shape index (κ1) is 19.2. The van der Waals surface area contributed by atoms with E-state index < -0.39 is 18.0 Å². The van der Waals surface area contributed by atoms with Gasteiger partial charge >= 0.3 is 5.97 Å². The van der Waals surface area contributed by atoms with Crippen LogP contribution in [0.25, 0.3) is 0 Å². The van der Waals surface area contributed by atoms with Crippen LogP contribution < -0.4 is 10.2 Å². The van der Waals surface area contributed by atoms with E-state index in [2.05, 4.69) is 5.32 Å². The van der Waals surface area contributed by atoms with Crippen LogP contribution in [0, 0.1) is 12.8 Å². The molecule has 1 aliphatic carbocycles. The lowest BCUT2D eigenvalue weighted by atomic mass is 10.1. The van der Waals surface area contributed by atoms with E-state index in [0.717, 1.165) is 24.1 Å². The molecule has 1 N–H and O–H groups in total. The Morgan fingerprint density at radius 3 is 2.41 bits per heavy atom. The Morgan fingerprint density at radius 2 is 1.76 bits per heavy atom. The number of anilines is 1. The maximum absolute atomic E-state index is 12.8. The molecule has 4 rings (SSSR count). The molecular formula is C23H24N2O4. The average molecular weight is 392 g/mol. The summed E-state index contributed by atoms with van der Waals surface area (Å²) in [6, 6.07) is 16.8. The van der Waals surface area contributed by atoms with Gasteiger partial charge in [-0.3, -0.25) is 14.4 Å². The number of carbonyl (C=O) groups excluding carboxylic acids is 3. The summed E-state index contributed by atoms with van der Waals surface area (Å²) in [6.07, 6.45) is 0.972. The summed E-state index contributed by atoms with van der Waals surface area (Å²) in [5.41, 5.74) is 2.49. The maximum atomic E-state index is 12.8. The van der Waals surface area contributed by atoms with E-state index in [1.807, 2.05) is 37.3 Å². The van der Waals surface area contributed by atoms with Gasteiger partial charge in [0.25, 0.3) is 5.91 Å². The number of carbonyl (C=O) groups is 3. The quantitative estimate of drug-likeness (QED) is 0.767. The van der Waals surface area contributed by atoms with Crippen LogP contribution in [0.4, 0.5) is 5.69 Å². The van der Waals surface area contributed by atoms with Crippen molar-refractivity contribution in [2.24, 2.45) is 5.92 Å². The molecule has 0 spiro atoms. The Morgan fingerprint density at radius 1 is 1.07 bits per heavy atom. The molecule has 0 aromatic heterocycles. The van der Waals surface area contributed by atoms with Gasteiger partial charge in [0.05, 0.1) is 5.92 Å². The molecule has 2 aliphatic rings. The number of hydrogen-bond acceptors (Lipinski definition) is 4. The third-order valence-electron chi connectivity index (χ3n) is 5.30. The Labute approximate surface area is 169 Å². The second-order valence-electron chi connectivity index (χ2n) is 7.75. The highest BCUT2D eigenvalue weighted by Crippen LogP contribution is 2.29. The van der Waals surface area contributed by atoms with Gasteiger partial charge in [0.15, 0.2) is 0 Å². The van der Waals surface area contributed by atoms with Gasteiger partial charge in [-0.15, -0.1) is 0 Å². The van der Waals surface area contributed by atoms with Gasteiger partial charge in [0.1, 0.15) is 0 Å². The predicted octanol–water partition coefficient (Wildman–Crippen LogP) is 2.91. The zero-order valence-corrected chi connectivity index (χ0v) is 16.3. The van der Waals surface area contributed by atoms with Crippen LogP contribution in [0.15, 0.2) is 54.6 Å². The van der Waals surface area contributed by atoms with E-state index in [4.69, 9.17) is 4.74 Å². The van der Waals surface area contributed by atoms with Crippen molar-refractivity contribution in [1.29, 1.82) is 0 Å². The molecule has 2 aromatic carbocycles. The van der Waals surface area contributed by atoms with Crippen LogP contribution in [-0.4, -0.2) is 30.4 Å². The Hall–Kier alpha value is -3.15. The lowest BCUT2D eigenvalue weighted by Crippen LogP contribution is -2.35. The minimum absolute atomic E-state index is 0.0818. The molecule has 29 heavy (non-hydrogen) atoms. The Balaban J connectivity index is 1.46. The van der Waals surface area contributed by atoms with Crippen LogP contribution in [0.2, 0.25) is 0 Å². The molecule has 1 saturated carbocycles. The Kier molecular flexibility index (Phi) is 5.34. The number of hydrogen-bond donors (Lipinski definition) is 1. The first-order valence-electron chi connectivity index (χ1n) is 9.94. The van der Waals surface area contributed by atoms with Crippen molar-refractivity contribution in [3.05, 3.63) is 65.7 Å². The second-order valence-corrected chi connectivity index (χ2v) is 7.75. The summed E-state index contributed by atoms with van der Waals surface area (Å²) in [6.45, 7) is 2.23. The minimum atomic E-state index is -1.01. The molecule has 2 fully saturated rings. The normalized spacial score (nSPS) is 19.7. The van der Waals surface area contributed by atoms with Crippen molar-refractivity contribution >= 4 is 23.5 Å². The number of nitrogens with zero attached hydrogens (tertiary/aromatic N) is 1. The Bertz CT molecular complexity index is 906. The number of benzene rings is 2. The fourth-order valence-electron chi connectivity index (χ4n) is 3.46. The van der Waals surface area contributed by atoms with Crippen LogP contribution in [0.5, 0.6) is 0 Å². The van der Waals surface area contributed by atoms with Crippen LogP contribution in [0.3, 0.4) is 0 Å². The lowest BCUT2D eigenvalue weighted by molar-refractivity contribution is -0.160. The van der Waals surface area contributed by atoms with Gasteiger partial charge in [-0.1, -0.05) is 48.0 Å². The zero-order chi connectivity index (χ0) is 20.4. The van der Waals surface area contributed by atoms with Gasteiger partial charge in [0.2, 0.25) is 12.0 Å². The third-order valence-corrected chi connectivity index (χ3v) is 5.30. The first-order valence-corrected chi connectivity index (χ1v) is 9.94. The number of nitrogens with one attached hydrogen (secondary N) is 1. The van der Waals surface area contributed by atoms with E-state index >= 15 is 0 Å². The largest absolute Gasteiger partial charge is 0.447 e. The minimum Gasteiger partial charge on any atom is -0.447 e. The molecule has 0 unspecified atom stereocenters. The molecule has 150 valence electrons. The standard InChI is InChI=1S/C23H24N2O4/c1-15-7-11-19(12-8-15)25-14-17(13-20(25)26)23(28)29-21(16-5-3-2-4-6-16)22(27)24-18-9-10-18/h2-8,11-12,17-18,21H,9-10,13-14H2,1H3,(H,24,27)/t17-,21+/m1/s1. The number of aryl methyl sites for hydroxylation is 1. The molecular weight excluding hydrogens is 368 g/mol. The van der Waals surface area contributed by atoms with E-state index in [0.29, 0.717) is 5.56 Å². The molecule has 6 heteroatoms. The zero-order valence-electron chi connectivity index (χ0n) is 16.3. The van der Waals surface area contributed by atoms with E-state index in [-0.39, 0.29) is 30.8 Å². The molecule has 6 nitrogen and oxygen atoms in total. The van der Waals surface area contributed by atoms with Gasteiger partial charge in [-0.25, -0.2) is 0 Å². The fraction of sp³-hybridized carbons (Fsp3) is 0.348. The van der Waals surface area contributed by atoms with Crippen molar-refractivity contribution in [2.45, 2.75) is 38.3 Å². The molecule has 2 amide bonds. The number of rotatable bonds is 6. The molecule has 0 bridgehead atoms. The molecule has 2 aromatic rings. The highest BCUT2D eigenvalue weighted by atomic mass is 16.5. The molecule has 1 heterocycles. The summed E-state index contributed by atoms with van der Waals surface area (Å²) in [5, 5.41) is 2.90. The van der Waals surface area contributed by atoms with Crippen LogP contribution in [0.1, 0.15) is 36.5 Å². The SMILES string of the molecule is Cc1ccc(N2C[C@H](C(=O)O[C@H](C(=O)NC3CC3)c3ccccc3)CC2=O)cc1. The van der Waals surface area contributed by atoms with E-state index in [1.165, 1.54) is 0 Å². The van der Waals surface area contributed by atoms with E-state index in [9.17, 15) is 14.4 Å². The summed E-state index contributed by atoms with van der Waals surface area (Å²) in [5.74, 6) is -1.54. The van der Waals surface area contributed by atoms with Gasteiger partial charge in [0, 0.05) is 30.3 Å². The van der Waals surface area contributed by atoms with E-state index in [1.54, 1.807) is 29.2 Å². The van der Waals surface area contributed by atoms with Crippen LogP contribution in [-0.2, 0) is 19.1 Å². The maximum Gasteiger partial charge on any atom is 0.312 e. The number of ether oxygens (including phenoxy) is 1. The van der Waals surface area contributed by atoms with Crippen molar-refractivity contribution in [1.82, 2.24) is 5.32 Å². The predicted molar refractivity (Wildman–Crippen MR) is 108 cm³/mol. The van der Waals surface area contributed by atoms with Crippen molar-refractivity contribution in [2.75, 3.05) is 11.4 Å². The molecule has 1 aliphatic heterocycles. The fourth-order valence-corrected chi connectivity index (χ4v) is 3.46. The number of amides is 2. The van der Waals surface area contributed by atoms with Crippen molar-refractivity contribution in [3.8, 4) is 0 Å². The third kappa shape index (κ3) is 4.47. The topological polar surface area (TPSA) is 75.7 Å². The van der Waals surface area contributed by atoms with Gasteiger partial charge in [-0.2, -0.15) is 0 Å². The molecule has 2 atom stereocenters.